The molecule has 0 heterocycles. The highest BCUT2D eigenvalue weighted by molar-refractivity contribution is 8.13. The fourth-order valence-electron chi connectivity index (χ4n) is 1.67. The van der Waals surface area contributed by atoms with Crippen molar-refractivity contribution in [3.8, 4) is 0 Å². The molecule has 0 aromatic carbocycles. The van der Waals surface area contributed by atoms with Gasteiger partial charge in [-0.2, -0.15) is 0 Å². The first kappa shape index (κ1) is 14.6. The lowest BCUT2D eigenvalue weighted by atomic mass is 9.81. The summed E-state index contributed by atoms with van der Waals surface area (Å²) in [6.45, 7) is 5.32. The van der Waals surface area contributed by atoms with Crippen LogP contribution in [0.5, 0.6) is 0 Å². The zero-order valence-corrected chi connectivity index (χ0v) is 11.8. The van der Waals surface area contributed by atoms with E-state index in [4.69, 9.17) is 15.4 Å². The van der Waals surface area contributed by atoms with Crippen molar-refractivity contribution in [1.29, 1.82) is 0 Å². The van der Waals surface area contributed by atoms with E-state index in [1.54, 1.807) is 20.8 Å². The molecule has 0 aliphatic heterocycles. The van der Waals surface area contributed by atoms with E-state index in [0.29, 0.717) is 0 Å². The van der Waals surface area contributed by atoms with Gasteiger partial charge in [0.2, 0.25) is 9.05 Å². The number of hydrogen-bond acceptors (Lipinski definition) is 4. The zero-order valence-electron chi connectivity index (χ0n) is 10.2. The van der Waals surface area contributed by atoms with Crippen LogP contribution in [0.1, 0.15) is 33.6 Å². The number of alkyl carbamates (subject to hydrolysis) is 1. The second-order valence-corrected chi connectivity index (χ2v) is 8.12. The molecule has 0 unspecified atom stereocenters. The zero-order chi connectivity index (χ0) is 13.3. The lowest BCUT2D eigenvalue weighted by Gasteiger charge is -2.36. The Morgan fingerprint density at radius 2 is 2.00 bits per heavy atom. The van der Waals surface area contributed by atoms with Gasteiger partial charge in [0.1, 0.15) is 5.60 Å². The molecule has 1 N–H and O–H groups in total. The van der Waals surface area contributed by atoms with Gasteiger partial charge in [0, 0.05) is 16.7 Å². The molecule has 5 nitrogen and oxygen atoms in total. The molecular formula is C10H18ClNO4S. The average molecular weight is 284 g/mol. The number of hydrogen-bond donors (Lipinski definition) is 1. The highest BCUT2D eigenvalue weighted by Crippen LogP contribution is 2.29. The topological polar surface area (TPSA) is 72.5 Å². The quantitative estimate of drug-likeness (QED) is 0.803. The third-order valence-electron chi connectivity index (χ3n) is 2.53. The highest BCUT2D eigenvalue weighted by atomic mass is 35.7. The largest absolute Gasteiger partial charge is 0.444 e. The molecule has 0 radical (unpaired) electrons. The predicted octanol–water partition coefficient (Wildman–Crippen LogP) is 1.86. The van der Waals surface area contributed by atoms with Gasteiger partial charge in [-0.3, -0.25) is 0 Å². The van der Waals surface area contributed by atoms with E-state index in [2.05, 4.69) is 5.32 Å². The van der Waals surface area contributed by atoms with Gasteiger partial charge < -0.3 is 10.1 Å². The van der Waals surface area contributed by atoms with Gasteiger partial charge in [0.15, 0.2) is 0 Å². The average Bonchev–Trinajstić information content (AvgIpc) is 2.05. The van der Waals surface area contributed by atoms with Crippen molar-refractivity contribution in [2.24, 2.45) is 5.92 Å². The van der Waals surface area contributed by atoms with Crippen molar-refractivity contribution >= 4 is 25.8 Å². The minimum atomic E-state index is -3.51. The van der Waals surface area contributed by atoms with Gasteiger partial charge in [-0.05, 0) is 39.5 Å². The molecule has 0 bridgehead atoms. The lowest BCUT2D eigenvalue weighted by molar-refractivity contribution is 0.0446. The Morgan fingerprint density at radius 3 is 2.35 bits per heavy atom. The van der Waals surface area contributed by atoms with Crippen molar-refractivity contribution in [3.05, 3.63) is 0 Å². The van der Waals surface area contributed by atoms with Crippen LogP contribution in [0, 0.1) is 5.92 Å². The standard InChI is InChI=1S/C10H18ClNO4S/c1-10(2,3)16-9(13)12-8-5-4-7(8)6-17(11,14)15/h7-8H,4-6H2,1-3H3,(H,12,13)/t7-,8+/m0/s1. The minimum Gasteiger partial charge on any atom is -0.444 e. The summed E-state index contributed by atoms with van der Waals surface area (Å²) in [5.74, 6) is -0.209. The van der Waals surface area contributed by atoms with Crippen LogP contribution in [0.2, 0.25) is 0 Å². The fraction of sp³-hybridized carbons (Fsp3) is 0.900. The summed E-state index contributed by atoms with van der Waals surface area (Å²) < 4.78 is 26.9. The Labute approximate surface area is 106 Å². The van der Waals surface area contributed by atoms with Crippen molar-refractivity contribution < 1.29 is 17.9 Å². The first-order chi connectivity index (χ1) is 7.57. The highest BCUT2D eigenvalue weighted by Gasteiger charge is 2.35. The van der Waals surface area contributed by atoms with E-state index >= 15 is 0 Å². The predicted molar refractivity (Wildman–Crippen MR) is 65.5 cm³/mol. The van der Waals surface area contributed by atoms with Crippen LogP contribution < -0.4 is 5.32 Å². The van der Waals surface area contributed by atoms with E-state index in [1.807, 2.05) is 0 Å². The van der Waals surface area contributed by atoms with Crippen LogP contribution in [-0.4, -0.2) is 31.9 Å². The summed E-state index contributed by atoms with van der Waals surface area (Å²) in [7, 11) is 1.67. The Balaban J connectivity index is 2.41. The molecule has 1 rings (SSSR count). The van der Waals surface area contributed by atoms with Crippen molar-refractivity contribution in [2.45, 2.75) is 45.3 Å². The Hall–Kier alpha value is -0.490. The van der Waals surface area contributed by atoms with Crippen molar-refractivity contribution in [3.63, 3.8) is 0 Å². The van der Waals surface area contributed by atoms with E-state index in [-0.39, 0.29) is 17.7 Å². The van der Waals surface area contributed by atoms with Gasteiger partial charge in [-0.1, -0.05) is 0 Å². The molecule has 0 spiro atoms. The summed E-state index contributed by atoms with van der Waals surface area (Å²) in [6.07, 6.45) is 1.00. The molecule has 1 aliphatic carbocycles. The molecule has 17 heavy (non-hydrogen) atoms. The minimum absolute atomic E-state index is 0.102. The summed E-state index contributed by atoms with van der Waals surface area (Å²) >= 11 is 0. The van der Waals surface area contributed by atoms with E-state index < -0.39 is 20.7 Å². The fourth-order valence-corrected chi connectivity index (χ4v) is 3.07. The van der Waals surface area contributed by atoms with Gasteiger partial charge in [-0.25, -0.2) is 13.2 Å². The molecule has 100 valence electrons. The molecule has 7 heteroatoms. The maximum Gasteiger partial charge on any atom is 0.407 e. The first-order valence-electron chi connectivity index (χ1n) is 5.49. The summed E-state index contributed by atoms with van der Waals surface area (Å²) in [5.41, 5.74) is -0.554. The van der Waals surface area contributed by atoms with Crippen LogP contribution in [0.3, 0.4) is 0 Å². The van der Waals surface area contributed by atoms with Gasteiger partial charge in [0.05, 0.1) is 5.75 Å². The molecule has 0 aromatic rings. The number of halogens is 1. The molecule has 1 saturated carbocycles. The van der Waals surface area contributed by atoms with Gasteiger partial charge >= 0.3 is 6.09 Å². The normalized spacial score (nSPS) is 24.9. The molecule has 0 saturated heterocycles. The van der Waals surface area contributed by atoms with Crippen molar-refractivity contribution in [2.75, 3.05) is 5.75 Å². The van der Waals surface area contributed by atoms with Crippen molar-refractivity contribution in [1.82, 2.24) is 5.32 Å². The number of ether oxygens (including phenoxy) is 1. The van der Waals surface area contributed by atoms with E-state index in [9.17, 15) is 13.2 Å². The molecule has 0 aromatic heterocycles. The summed E-state index contributed by atoms with van der Waals surface area (Å²) in [6, 6.07) is -0.154. The third-order valence-corrected chi connectivity index (χ3v) is 3.74. The third kappa shape index (κ3) is 5.59. The number of carbonyl (C=O) groups is 1. The van der Waals surface area contributed by atoms with Gasteiger partial charge in [0.25, 0.3) is 0 Å². The van der Waals surface area contributed by atoms with Crippen LogP contribution in [0.4, 0.5) is 4.79 Å². The van der Waals surface area contributed by atoms with Crippen LogP contribution in [0.15, 0.2) is 0 Å². The van der Waals surface area contributed by atoms with E-state index in [0.717, 1.165) is 12.8 Å². The molecular weight excluding hydrogens is 266 g/mol. The Kier molecular flexibility index (Phi) is 4.30. The lowest BCUT2D eigenvalue weighted by Crippen LogP contribution is -2.50. The summed E-state index contributed by atoms with van der Waals surface area (Å²) in [5, 5.41) is 2.66. The Bertz CT molecular complexity index is 388. The monoisotopic (exact) mass is 283 g/mol. The first-order valence-corrected chi connectivity index (χ1v) is 7.96. The number of amides is 1. The Morgan fingerprint density at radius 1 is 1.41 bits per heavy atom. The molecule has 1 fully saturated rings. The van der Waals surface area contributed by atoms with Crippen LogP contribution in [0.25, 0.3) is 0 Å². The van der Waals surface area contributed by atoms with E-state index in [1.165, 1.54) is 0 Å². The number of rotatable bonds is 3. The molecule has 2 atom stereocenters. The maximum absolute atomic E-state index is 11.5. The summed E-state index contributed by atoms with van der Waals surface area (Å²) in [4.78, 5) is 11.5. The maximum atomic E-state index is 11.5. The second kappa shape index (κ2) is 5.02. The SMILES string of the molecule is CC(C)(C)OC(=O)N[C@@H]1CC[C@H]1CS(=O)(=O)Cl. The van der Waals surface area contributed by atoms with Crippen LogP contribution >= 0.6 is 10.7 Å². The van der Waals surface area contributed by atoms with Crippen LogP contribution in [-0.2, 0) is 13.8 Å². The number of carbonyl (C=O) groups excluding carboxylic acids is 1. The van der Waals surface area contributed by atoms with Gasteiger partial charge in [-0.15, -0.1) is 0 Å². The molecule has 1 amide bonds. The second-order valence-electron chi connectivity index (χ2n) is 5.30. The number of nitrogens with one attached hydrogen (secondary N) is 1. The molecule has 1 aliphatic rings. The smallest absolute Gasteiger partial charge is 0.407 e.